The first-order chi connectivity index (χ1) is 12.7. The summed E-state index contributed by atoms with van der Waals surface area (Å²) in [6.07, 6.45) is 0.138. The Balaban J connectivity index is 2.05. The third-order valence-corrected chi connectivity index (χ3v) is 3.52. The van der Waals surface area contributed by atoms with Gasteiger partial charge in [0.1, 0.15) is 30.1 Å². The highest BCUT2D eigenvalue weighted by Gasteiger charge is 2.15. The maximum atomic E-state index is 13.6. The zero-order valence-corrected chi connectivity index (χ0v) is 16.1. The van der Waals surface area contributed by atoms with Crippen LogP contribution in [0.5, 0.6) is 5.75 Å². The molecule has 1 amide bonds. The Morgan fingerprint density at radius 1 is 1.15 bits per heavy atom. The molecule has 27 heavy (non-hydrogen) atoms. The lowest BCUT2D eigenvalue weighted by atomic mass is 10.0. The van der Waals surface area contributed by atoms with Crippen LogP contribution in [0.1, 0.15) is 31.1 Å². The Bertz CT molecular complexity index is 813. The first-order valence-corrected chi connectivity index (χ1v) is 8.70. The van der Waals surface area contributed by atoms with Crippen molar-refractivity contribution in [3.63, 3.8) is 0 Å². The molecule has 2 rings (SSSR count). The second kappa shape index (κ2) is 8.86. The molecule has 0 heterocycles. The van der Waals surface area contributed by atoms with Crippen LogP contribution in [0.15, 0.2) is 36.4 Å². The van der Waals surface area contributed by atoms with Gasteiger partial charge in [-0.05, 0) is 68.3 Å². The molecule has 0 aromatic heterocycles. The Morgan fingerprint density at radius 3 is 2.48 bits per heavy atom. The van der Waals surface area contributed by atoms with E-state index in [0.29, 0.717) is 28.7 Å². The molecule has 0 aliphatic rings. The van der Waals surface area contributed by atoms with Crippen LogP contribution in [-0.4, -0.2) is 31.1 Å². The average Bonchev–Trinajstić information content (AvgIpc) is 2.56. The fourth-order valence-corrected chi connectivity index (χ4v) is 2.52. The molecule has 0 aliphatic heterocycles. The van der Waals surface area contributed by atoms with E-state index in [1.165, 1.54) is 12.1 Å². The van der Waals surface area contributed by atoms with E-state index in [4.69, 9.17) is 21.1 Å². The van der Waals surface area contributed by atoms with Gasteiger partial charge in [0.2, 0.25) is 0 Å². The van der Waals surface area contributed by atoms with E-state index in [1.54, 1.807) is 45.0 Å². The predicted octanol–water partition coefficient (Wildman–Crippen LogP) is 4.86. The molecule has 2 aromatic carbocycles. The minimum absolute atomic E-state index is 0.172. The van der Waals surface area contributed by atoms with Gasteiger partial charge >= 0.3 is 6.09 Å². The lowest BCUT2D eigenvalue weighted by Crippen LogP contribution is -2.34. The summed E-state index contributed by atoms with van der Waals surface area (Å²) in [5.41, 5.74) is 0.921. The van der Waals surface area contributed by atoms with Crippen LogP contribution in [0.2, 0.25) is 5.02 Å². The highest BCUT2D eigenvalue weighted by molar-refractivity contribution is 6.30. The maximum absolute atomic E-state index is 13.6. The second-order valence-electron chi connectivity index (χ2n) is 6.84. The van der Waals surface area contributed by atoms with Crippen LogP contribution in [0, 0.1) is 5.82 Å². The van der Waals surface area contributed by atoms with Crippen molar-refractivity contribution in [1.29, 1.82) is 0 Å². The topological polar surface area (TPSA) is 64.6 Å². The predicted molar refractivity (Wildman–Crippen MR) is 102 cm³/mol. The zero-order chi connectivity index (χ0) is 20.0. The molecule has 2 aromatic rings. The summed E-state index contributed by atoms with van der Waals surface area (Å²) < 4.78 is 24.3. The summed E-state index contributed by atoms with van der Waals surface area (Å²) in [6, 6.07) is 8.97. The molecule has 0 saturated carbocycles. The molecule has 144 valence electrons. The Labute approximate surface area is 162 Å². The molecule has 0 bridgehead atoms. The Morgan fingerprint density at radius 2 is 1.85 bits per heavy atom. The van der Waals surface area contributed by atoms with Gasteiger partial charge in [0.25, 0.3) is 0 Å². The van der Waals surface area contributed by atoms with Crippen molar-refractivity contribution < 1.29 is 23.5 Å². The molecule has 1 N–H and O–H groups in total. The lowest BCUT2D eigenvalue weighted by Gasteiger charge is -2.19. The van der Waals surface area contributed by atoms with Crippen molar-refractivity contribution in [2.24, 2.45) is 0 Å². The molecule has 0 unspecified atom stereocenters. The number of hydrogen-bond donors (Lipinski definition) is 1. The Kier molecular flexibility index (Phi) is 6.80. The van der Waals surface area contributed by atoms with Gasteiger partial charge in [-0.25, -0.2) is 9.18 Å². The highest BCUT2D eigenvalue weighted by Crippen LogP contribution is 2.28. The Hall–Kier alpha value is -2.60. The van der Waals surface area contributed by atoms with E-state index in [-0.39, 0.29) is 18.2 Å². The summed E-state index contributed by atoms with van der Waals surface area (Å²) in [6.45, 7) is 5.71. The van der Waals surface area contributed by atoms with Crippen molar-refractivity contribution in [3.05, 3.63) is 52.8 Å². The molecule has 0 radical (unpaired) electrons. The third kappa shape index (κ3) is 6.90. The lowest BCUT2D eigenvalue weighted by molar-refractivity contribution is 0.0520. The molecule has 7 heteroatoms. The van der Waals surface area contributed by atoms with E-state index in [0.717, 1.165) is 0 Å². The monoisotopic (exact) mass is 393 g/mol. The number of carbonyl (C=O) groups is 2. The maximum Gasteiger partial charge on any atom is 0.407 e. The molecule has 0 saturated heterocycles. The quantitative estimate of drug-likeness (QED) is 0.562. The van der Waals surface area contributed by atoms with Crippen molar-refractivity contribution in [2.75, 3.05) is 13.2 Å². The van der Waals surface area contributed by atoms with E-state index < -0.39 is 17.5 Å². The summed E-state index contributed by atoms with van der Waals surface area (Å²) in [4.78, 5) is 22.8. The van der Waals surface area contributed by atoms with Crippen molar-refractivity contribution >= 4 is 24.0 Å². The summed E-state index contributed by atoms with van der Waals surface area (Å²) >= 11 is 5.90. The van der Waals surface area contributed by atoms with Gasteiger partial charge in [0, 0.05) is 10.6 Å². The number of hydrogen-bond acceptors (Lipinski definition) is 4. The number of nitrogens with one attached hydrogen (secondary N) is 1. The molecule has 0 aliphatic carbocycles. The zero-order valence-electron chi connectivity index (χ0n) is 15.3. The molecule has 5 nitrogen and oxygen atoms in total. The third-order valence-electron chi connectivity index (χ3n) is 3.30. The number of ether oxygens (including phenoxy) is 2. The van der Waals surface area contributed by atoms with Gasteiger partial charge in [-0.3, -0.25) is 4.79 Å². The molecular weight excluding hydrogens is 373 g/mol. The minimum atomic E-state index is -0.579. The summed E-state index contributed by atoms with van der Waals surface area (Å²) in [5.74, 6) is -0.0565. The van der Waals surface area contributed by atoms with Crippen LogP contribution < -0.4 is 10.1 Å². The van der Waals surface area contributed by atoms with Crippen LogP contribution in [0.3, 0.4) is 0 Å². The van der Waals surface area contributed by atoms with Crippen LogP contribution in [0.25, 0.3) is 11.1 Å². The van der Waals surface area contributed by atoms with Gasteiger partial charge in [-0.15, -0.1) is 0 Å². The van der Waals surface area contributed by atoms with Gasteiger partial charge in [0.05, 0.1) is 6.54 Å². The summed E-state index contributed by atoms with van der Waals surface area (Å²) in [7, 11) is 0. The number of carbonyl (C=O) groups excluding carboxylic acids is 2. The van der Waals surface area contributed by atoms with Crippen molar-refractivity contribution in [1.82, 2.24) is 5.32 Å². The van der Waals surface area contributed by atoms with Crippen LogP contribution in [0.4, 0.5) is 9.18 Å². The fourth-order valence-electron chi connectivity index (χ4n) is 2.30. The first-order valence-electron chi connectivity index (χ1n) is 8.33. The standard InChI is InChI=1S/C20H21ClFNO4/c1-20(2,3)27-19(25)23-4-5-26-18-7-13(12-24)6-14(10-18)15-8-16(21)11-17(22)9-15/h6-12H,4-5H2,1-3H3,(H,23,25). The number of benzene rings is 2. The minimum Gasteiger partial charge on any atom is -0.492 e. The normalized spacial score (nSPS) is 11.0. The molecule has 0 atom stereocenters. The fraction of sp³-hybridized carbons (Fsp3) is 0.300. The van der Waals surface area contributed by atoms with E-state index in [1.807, 2.05) is 0 Å². The van der Waals surface area contributed by atoms with Gasteiger partial charge in [0.15, 0.2) is 0 Å². The SMILES string of the molecule is CC(C)(C)OC(=O)NCCOc1cc(C=O)cc(-c2cc(F)cc(Cl)c2)c1. The molecule has 0 spiro atoms. The smallest absolute Gasteiger partial charge is 0.407 e. The number of rotatable bonds is 6. The average molecular weight is 394 g/mol. The van der Waals surface area contributed by atoms with Crippen molar-refractivity contribution in [3.8, 4) is 16.9 Å². The largest absolute Gasteiger partial charge is 0.492 e. The second-order valence-corrected chi connectivity index (χ2v) is 7.28. The van der Waals surface area contributed by atoms with Crippen LogP contribution in [-0.2, 0) is 4.74 Å². The van der Waals surface area contributed by atoms with E-state index in [2.05, 4.69) is 5.32 Å². The first kappa shape index (κ1) is 20.7. The molecule has 0 fully saturated rings. The van der Waals surface area contributed by atoms with Gasteiger partial charge in [-0.2, -0.15) is 0 Å². The van der Waals surface area contributed by atoms with E-state index in [9.17, 15) is 14.0 Å². The summed E-state index contributed by atoms with van der Waals surface area (Å²) in [5, 5.41) is 2.83. The number of halogens is 2. The van der Waals surface area contributed by atoms with Gasteiger partial charge < -0.3 is 14.8 Å². The highest BCUT2D eigenvalue weighted by atomic mass is 35.5. The van der Waals surface area contributed by atoms with Crippen molar-refractivity contribution in [2.45, 2.75) is 26.4 Å². The number of alkyl carbamates (subject to hydrolysis) is 1. The van der Waals surface area contributed by atoms with Crippen LogP contribution >= 0.6 is 11.6 Å². The molecular formula is C20H21ClFNO4. The van der Waals surface area contributed by atoms with E-state index >= 15 is 0 Å². The number of aldehydes is 1. The number of amides is 1. The van der Waals surface area contributed by atoms with Gasteiger partial charge in [-0.1, -0.05) is 11.6 Å².